The fraction of sp³-hybridized carbons (Fsp3) is 0.364. The number of carbonyl (C=O) groups is 4. The van der Waals surface area contributed by atoms with Gasteiger partial charge >= 0.3 is 5.97 Å². The molecule has 1 aromatic carbocycles. The van der Waals surface area contributed by atoms with Gasteiger partial charge in [0.25, 0.3) is 0 Å². The molecule has 7 nitrogen and oxygen atoms in total. The number of amides is 2. The van der Waals surface area contributed by atoms with Crippen LogP contribution in [0.5, 0.6) is 0 Å². The van der Waals surface area contributed by atoms with Gasteiger partial charge in [-0.2, -0.15) is 0 Å². The van der Waals surface area contributed by atoms with Crippen molar-refractivity contribution in [3.63, 3.8) is 0 Å². The van der Waals surface area contributed by atoms with E-state index in [0.717, 1.165) is 21.7 Å². The molecule has 1 aliphatic rings. The maximum atomic E-state index is 12.9. The number of hydrogen-bond donors (Lipinski definition) is 1. The van der Waals surface area contributed by atoms with E-state index in [1.54, 1.807) is 30.0 Å². The summed E-state index contributed by atoms with van der Waals surface area (Å²) in [5.41, 5.74) is 3.16. The van der Waals surface area contributed by atoms with Gasteiger partial charge in [-0.1, -0.05) is 0 Å². The van der Waals surface area contributed by atoms with Crippen molar-refractivity contribution < 1.29 is 23.9 Å². The van der Waals surface area contributed by atoms with Gasteiger partial charge < -0.3 is 15.0 Å². The number of carbonyl (C=O) groups excluding carboxylic acids is 4. The molecule has 2 aromatic rings. The normalized spacial score (nSPS) is 13.6. The van der Waals surface area contributed by atoms with Gasteiger partial charge in [0.05, 0.1) is 5.56 Å². The van der Waals surface area contributed by atoms with E-state index >= 15 is 0 Å². The van der Waals surface area contributed by atoms with Crippen molar-refractivity contribution in [3.8, 4) is 0 Å². The van der Waals surface area contributed by atoms with Gasteiger partial charge in [0.1, 0.15) is 5.00 Å². The van der Waals surface area contributed by atoms with Crippen molar-refractivity contribution in [3.05, 3.63) is 45.3 Å². The third-order valence-electron chi connectivity index (χ3n) is 5.17. The number of ether oxygens (including phenoxy) is 1. The number of rotatable bonds is 5. The van der Waals surface area contributed by atoms with Crippen LogP contribution in [0.1, 0.15) is 57.5 Å². The average molecular weight is 429 g/mol. The molecule has 1 N–H and O–H groups in total. The number of benzene rings is 1. The zero-order valence-electron chi connectivity index (χ0n) is 17.6. The minimum atomic E-state index is -0.995. The first-order valence-corrected chi connectivity index (χ1v) is 10.5. The van der Waals surface area contributed by atoms with Gasteiger partial charge in [0, 0.05) is 36.5 Å². The van der Waals surface area contributed by atoms with Crippen molar-refractivity contribution in [1.82, 2.24) is 0 Å². The Morgan fingerprint density at radius 2 is 1.87 bits per heavy atom. The number of Topliss-reactive ketones (excluding diaryl/α,β-unsaturated/α-hetero) is 1. The summed E-state index contributed by atoms with van der Waals surface area (Å²) in [6, 6.07) is 5.16. The molecule has 8 heteroatoms. The van der Waals surface area contributed by atoms with E-state index in [0.29, 0.717) is 23.5 Å². The number of esters is 1. The standard InChI is InChI=1S/C22H24N2O5S/c1-11-13(3)30-21(23-14(4)25)19(11)22(28)29-12(2)20(27)17-6-7-18-16(10-17)8-9-24(18)15(5)26/h6-7,10,12H,8-9H2,1-5H3,(H,23,25). The number of aryl methyl sites for hydroxylation is 1. The second-order valence-electron chi connectivity index (χ2n) is 7.34. The summed E-state index contributed by atoms with van der Waals surface area (Å²) in [6.45, 7) is 8.64. The second kappa shape index (κ2) is 8.39. The number of thiophene rings is 1. The summed E-state index contributed by atoms with van der Waals surface area (Å²) in [7, 11) is 0. The van der Waals surface area contributed by atoms with E-state index in [1.807, 2.05) is 6.92 Å². The molecule has 3 rings (SSSR count). The van der Waals surface area contributed by atoms with Crippen LogP contribution in [0, 0.1) is 13.8 Å². The number of fused-ring (bicyclic) bond motifs is 1. The summed E-state index contributed by atoms with van der Waals surface area (Å²) in [5, 5.41) is 3.07. The third kappa shape index (κ3) is 4.14. The molecule has 1 aliphatic heterocycles. The lowest BCUT2D eigenvalue weighted by Gasteiger charge is -2.16. The number of anilines is 2. The largest absolute Gasteiger partial charge is 0.451 e. The van der Waals surface area contributed by atoms with Gasteiger partial charge in [-0.15, -0.1) is 11.3 Å². The van der Waals surface area contributed by atoms with E-state index in [2.05, 4.69) is 5.32 Å². The molecule has 2 amide bonds. The molecule has 158 valence electrons. The van der Waals surface area contributed by atoms with Crippen LogP contribution in [-0.2, 0) is 20.7 Å². The van der Waals surface area contributed by atoms with Crippen LogP contribution in [0.2, 0.25) is 0 Å². The molecule has 0 saturated heterocycles. The van der Waals surface area contributed by atoms with Crippen molar-refractivity contribution in [2.75, 3.05) is 16.8 Å². The Morgan fingerprint density at radius 1 is 1.17 bits per heavy atom. The molecule has 0 saturated carbocycles. The lowest BCUT2D eigenvalue weighted by atomic mass is 10.0. The summed E-state index contributed by atoms with van der Waals surface area (Å²) in [6.07, 6.45) is -0.317. The summed E-state index contributed by atoms with van der Waals surface area (Å²) < 4.78 is 5.45. The molecule has 0 radical (unpaired) electrons. The van der Waals surface area contributed by atoms with Gasteiger partial charge in [0.2, 0.25) is 17.6 Å². The Labute approximate surface area is 179 Å². The van der Waals surface area contributed by atoms with Gasteiger partial charge in [-0.25, -0.2) is 4.79 Å². The first-order valence-electron chi connectivity index (χ1n) is 9.64. The lowest BCUT2D eigenvalue weighted by molar-refractivity contribution is -0.116. The average Bonchev–Trinajstić information content (AvgIpc) is 3.21. The van der Waals surface area contributed by atoms with Crippen molar-refractivity contribution in [2.45, 2.75) is 47.1 Å². The molecule has 30 heavy (non-hydrogen) atoms. The summed E-state index contributed by atoms with van der Waals surface area (Å²) in [4.78, 5) is 51.3. The molecule has 0 aliphatic carbocycles. The Hall–Kier alpha value is -3.00. The monoisotopic (exact) mass is 428 g/mol. The number of ketones is 1. The minimum Gasteiger partial charge on any atom is -0.451 e. The van der Waals surface area contributed by atoms with Gasteiger partial charge in [0.15, 0.2) is 6.10 Å². The highest BCUT2D eigenvalue weighted by Crippen LogP contribution is 2.33. The molecule has 0 spiro atoms. The third-order valence-corrected chi connectivity index (χ3v) is 6.29. The minimum absolute atomic E-state index is 0.0356. The highest BCUT2D eigenvalue weighted by molar-refractivity contribution is 7.16. The Kier molecular flexibility index (Phi) is 6.07. The number of hydrogen-bond acceptors (Lipinski definition) is 6. The Morgan fingerprint density at radius 3 is 2.50 bits per heavy atom. The second-order valence-corrected chi connectivity index (χ2v) is 8.57. The fourth-order valence-corrected chi connectivity index (χ4v) is 4.61. The Bertz CT molecular complexity index is 1060. The van der Waals surface area contributed by atoms with E-state index in [1.165, 1.54) is 32.1 Å². The van der Waals surface area contributed by atoms with Crippen molar-refractivity contribution >= 4 is 45.6 Å². The maximum Gasteiger partial charge on any atom is 0.342 e. The molecule has 1 atom stereocenters. The van der Waals surface area contributed by atoms with Crippen molar-refractivity contribution in [2.24, 2.45) is 0 Å². The van der Waals surface area contributed by atoms with Crippen molar-refractivity contribution in [1.29, 1.82) is 0 Å². The van der Waals surface area contributed by atoms with Gasteiger partial charge in [-0.3, -0.25) is 14.4 Å². The zero-order chi connectivity index (χ0) is 22.2. The van der Waals surface area contributed by atoms with Crippen LogP contribution >= 0.6 is 11.3 Å². The van der Waals surface area contributed by atoms with E-state index < -0.39 is 12.1 Å². The zero-order valence-corrected chi connectivity index (χ0v) is 18.4. The van der Waals surface area contributed by atoms with Crippen LogP contribution in [0.25, 0.3) is 0 Å². The van der Waals surface area contributed by atoms with Crippen LogP contribution in [0.4, 0.5) is 10.7 Å². The number of nitrogens with one attached hydrogen (secondary N) is 1. The van der Waals surface area contributed by atoms with Gasteiger partial charge in [-0.05, 0) is 56.5 Å². The molecule has 2 heterocycles. The molecule has 1 unspecified atom stereocenters. The molecule has 0 bridgehead atoms. The summed E-state index contributed by atoms with van der Waals surface area (Å²) in [5.74, 6) is -1.29. The SMILES string of the molecule is CC(=O)Nc1sc(C)c(C)c1C(=O)OC(C)C(=O)c1ccc2c(c1)CCN2C(C)=O. The molecular weight excluding hydrogens is 404 g/mol. The highest BCUT2D eigenvalue weighted by Gasteiger charge is 2.28. The van der Waals surface area contributed by atoms with Crippen LogP contribution in [-0.4, -0.2) is 36.2 Å². The molecule has 0 fully saturated rings. The topological polar surface area (TPSA) is 92.8 Å². The lowest BCUT2D eigenvalue weighted by Crippen LogP contribution is -2.26. The predicted molar refractivity (Wildman–Crippen MR) is 115 cm³/mol. The first kappa shape index (κ1) is 21.7. The molecular formula is C22H24N2O5S. The van der Waals surface area contributed by atoms with Crippen LogP contribution in [0.15, 0.2) is 18.2 Å². The number of nitrogens with zero attached hydrogens (tertiary/aromatic N) is 1. The first-order chi connectivity index (χ1) is 14.1. The smallest absolute Gasteiger partial charge is 0.342 e. The predicted octanol–water partition coefficient (Wildman–Crippen LogP) is 3.66. The van der Waals surface area contributed by atoms with E-state index in [4.69, 9.17) is 4.74 Å². The van der Waals surface area contributed by atoms with Crippen LogP contribution in [0.3, 0.4) is 0 Å². The van der Waals surface area contributed by atoms with E-state index in [-0.39, 0.29) is 23.2 Å². The quantitative estimate of drug-likeness (QED) is 0.580. The summed E-state index contributed by atoms with van der Waals surface area (Å²) >= 11 is 1.30. The van der Waals surface area contributed by atoms with E-state index in [9.17, 15) is 19.2 Å². The Balaban J connectivity index is 1.78. The molecule has 1 aromatic heterocycles. The van der Waals surface area contributed by atoms with Crippen LogP contribution < -0.4 is 10.2 Å². The fourth-order valence-electron chi connectivity index (χ4n) is 3.51. The maximum absolute atomic E-state index is 12.9. The highest BCUT2D eigenvalue weighted by atomic mass is 32.1.